The van der Waals surface area contributed by atoms with Gasteiger partial charge in [-0.15, -0.1) is 0 Å². The Balaban J connectivity index is 2.11. The predicted octanol–water partition coefficient (Wildman–Crippen LogP) is 1.44. The fourth-order valence-electron chi connectivity index (χ4n) is 2.10. The fraction of sp³-hybridized carbons (Fsp3) is 0.923. The first-order valence-electron chi connectivity index (χ1n) is 6.71. The molecule has 0 radical (unpaired) electrons. The van der Waals surface area contributed by atoms with E-state index in [-0.39, 0.29) is 5.91 Å². The molecule has 1 unspecified atom stereocenters. The minimum atomic E-state index is -0.634. The number of carbonyl (C=O) groups excluding carboxylic acids is 1. The van der Waals surface area contributed by atoms with Crippen molar-refractivity contribution < 1.29 is 9.53 Å². The van der Waals surface area contributed by atoms with E-state index in [9.17, 15) is 4.79 Å². The van der Waals surface area contributed by atoms with Crippen LogP contribution in [0, 0.1) is 5.92 Å². The first-order valence-corrected chi connectivity index (χ1v) is 6.71. The van der Waals surface area contributed by atoms with Crippen molar-refractivity contribution in [1.82, 2.24) is 5.32 Å². The second kappa shape index (κ2) is 6.97. The van der Waals surface area contributed by atoms with E-state index in [2.05, 4.69) is 5.32 Å². The van der Waals surface area contributed by atoms with Crippen molar-refractivity contribution in [2.75, 3.05) is 19.8 Å². The summed E-state index contributed by atoms with van der Waals surface area (Å²) in [6, 6.07) is 0. The van der Waals surface area contributed by atoms with E-state index in [1.807, 2.05) is 13.8 Å². The molecule has 17 heavy (non-hydrogen) atoms. The van der Waals surface area contributed by atoms with Gasteiger partial charge in [0.25, 0.3) is 0 Å². The van der Waals surface area contributed by atoms with Crippen molar-refractivity contribution in [3.05, 3.63) is 0 Å². The number of amides is 1. The molecule has 0 aliphatic heterocycles. The van der Waals surface area contributed by atoms with E-state index >= 15 is 0 Å². The number of hydrogen-bond acceptors (Lipinski definition) is 3. The van der Waals surface area contributed by atoms with E-state index in [1.165, 1.54) is 19.3 Å². The zero-order valence-corrected chi connectivity index (χ0v) is 11.1. The summed E-state index contributed by atoms with van der Waals surface area (Å²) in [5, 5.41) is 3.13. The first kappa shape index (κ1) is 14.5. The van der Waals surface area contributed by atoms with Crippen LogP contribution in [0.1, 0.15) is 46.0 Å². The van der Waals surface area contributed by atoms with Gasteiger partial charge in [0.2, 0.25) is 5.91 Å². The van der Waals surface area contributed by atoms with E-state index in [1.54, 1.807) is 0 Å². The zero-order chi connectivity index (χ0) is 12.7. The Labute approximate surface area is 104 Å². The molecule has 1 fully saturated rings. The lowest BCUT2D eigenvalue weighted by Crippen LogP contribution is -2.53. The molecule has 4 nitrogen and oxygen atoms in total. The molecule has 1 rings (SSSR count). The molecule has 0 heterocycles. The molecule has 1 amide bonds. The van der Waals surface area contributed by atoms with Crippen LogP contribution in [-0.2, 0) is 9.53 Å². The normalized spacial score (nSPS) is 19.6. The summed E-state index contributed by atoms with van der Waals surface area (Å²) in [6.07, 6.45) is 5.90. The van der Waals surface area contributed by atoms with Gasteiger partial charge in [-0.3, -0.25) is 4.79 Å². The Morgan fingerprint density at radius 2 is 2.18 bits per heavy atom. The summed E-state index contributed by atoms with van der Waals surface area (Å²) < 4.78 is 5.58. The molecule has 1 atom stereocenters. The standard InChI is InChI=1S/C13H26N2O2/c1-3-15-13(2,12(14)16)8-10-17-9-7-11-5-4-6-11/h11,15H,3-10H2,1-2H3,(H2,14,16). The molecular weight excluding hydrogens is 216 g/mol. The quantitative estimate of drug-likeness (QED) is 0.601. The van der Waals surface area contributed by atoms with Gasteiger partial charge in [0.05, 0.1) is 5.54 Å². The highest BCUT2D eigenvalue weighted by Gasteiger charge is 2.29. The molecule has 0 aromatic heterocycles. The topological polar surface area (TPSA) is 64.3 Å². The lowest BCUT2D eigenvalue weighted by molar-refractivity contribution is -0.124. The van der Waals surface area contributed by atoms with Crippen LogP contribution in [-0.4, -0.2) is 31.2 Å². The third-order valence-corrected chi connectivity index (χ3v) is 3.75. The van der Waals surface area contributed by atoms with Crippen molar-refractivity contribution in [3.63, 3.8) is 0 Å². The average molecular weight is 242 g/mol. The number of rotatable bonds is 9. The molecule has 100 valence electrons. The fourth-order valence-corrected chi connectivity index (χ4v) is 2.10. The lowest BCUT2D eigenvalue weighted by atomic mass is 9.83. The van der Waals surface area contributed by atoms with E-state index in [4.69, 9.17) is 10.5 Å². The summed E-state index contributed by atoms with van der Waals surface area (Å²) >= 11 is 0. The molecule has 0 aromatic carbocycles. The summed E-state index contributed by atoms with van der Waals surface area (Å²) in [6.45, 7) is 5.96. The Morgan fingerprint density at radius 3 is 2.65 bits per heavy atom. The smallest absolute Gasteiger partial charge is 0.237 e. The Hall–Kier alpha value is -0.610. The summed E-state index contributed by atoms with van der Waals surface area (Å²) in [4.78, 5) is 11.3. The predicted molar refractivity (Wildman–Crippen MR) is 68.7 cm³/mol. The molecule has 1 saturated carbocycles. The molecular formula is C13H26N2O2. The Bertz CT molecular complexity index is 242. The first-order chi connectivity index (χ1) is 8.08. The molecule has 0 aromatic rings. The SMILES string of the molecule is CCNC(C)(CCOCCC1CCC1)C(N)=O. The molecule has 3 N–H and O–H groups in total. The van der Waals surface area contributed by atoms with Gasteiger partial charge in [0.1, 0.15) is 0 Å². The molecule has 0 bridgehead atoms. The molecule has 4 heteroatoms. The van der Waals surface area contributed by atoms with Gasteiger partial charge in [-0.1, -0.05) is 26.2 Å². The van der Waals surface area contributed by atoms with Gasteiger partial charge in [0, 0.05) is 13.2 Å². The third kappa shape index (κ3) is 4.64. The summed E-state index contributed by atoms with van der Waals surface area (Å²) in [5.41, 5.74) is 4.76. The van der Waals surface area contributed by atoms with Gasteiger partial charge in [-0.05, 0) is 32.2 Å². The maximum atomic E-state index is 11.3. The van der Waals surface area contributed by atoms with Crippen LogP contribution < -0.4 is 11.1 Å². The highest BCUT2D eigenvalue weighted by molar-refractivity contribution is 5.84. The Morgan fingerprint density at radius 1 is 1.47 bits per heavy atom. The van der Waals surface area contributed by atoms with Crippen LogP contribution in [0.2, 0.25) is 0 Å². The maximum Gasteiger partial charge on any atom is 0.237 e. The summed E-state index contributed by atoms with van der Waals surface area (Å²) in [5.74, 6) is 0.577. The zero-order valence-electron chi connectivity index (χ0n) is 11.1. The van der Waals surface area contributed by atoms with Crippen LogP contribution in [0.15, 0.2) is 0 Å². The van der Waals surface area contributed by atoms with E-state index < -0.39 is 5.54 Å². The second-order valence-corrected chi connectivity index (χ2v) is 5.17. The number of primary amides is 1. The van der Waals surface area contributed by atoms with Crippen molar-refractivity contribution >= 4 is 5.91 Å². The number of hydrogen-bond donors (Lipinski definition) is 2. The second-order valence-electron chi connectivity index (χ2n) is 5.17. The highest BCUT2D eigenvalue weighted by Crippen LogP contribution is 2.29. The van der Waals surface area contributed by atoms with E-state index in [0.29, 0.717) is 13.0 Å². The largest absolute Gasteiger partial charge is 0.381 e. The van der Waals surface area contributed by atoms with Crippen LogP contribution >= 0.6 is 0 Å². The van der Waals surface area contributed by atoms with Crippen molar-refractivity contribution in [2.24, 2.45) is 11.7 Å². The lowest BCUT2D eigenvalue weighted by Gasteiger charge is -2.27. The maximum absolute atomic E-state index is 11.3. The summed E-state index contributed by atoms with van der Waals surface area (Å²) in [7, 11) is 0. The number of ether oxygens (including phenoxy) is 1. The number of likely N-dealkylation sites (N-methyl/N-ethyl adjacent to an activating group) is 1. The Kier molecular flexibility index (Phi) is 5.92. The minimum absolute atomic E-state index is 0.304. The highest BCUT2D eigenvalue weighted by atomic mass is 16.5. The van der Waals surface area contributed by atoms with Crippen LogP contribution in [0.3, 0.4) is 0 Å². The number of nitrogens with two attached hydrogens (primary N) is 1. The van der Waals surface area contributed by atoms with Gasteiger partial charge < -0.3 is 15.8 Å². The molecule has 0 saturated heterocycles. The number of nitrogens with one attached hydrogen (secondary N) is 1. The molecule has 1 aliphatic carbocycles. The van der Waals surface area contributed by atoms with Crippen LogP contribution in [0.25, 0.3) is 0 Å². The van der Waals surface area contributed by atoms with Gasteiger partial charge in [-0.2, -0.15) is 0 Å². The van der Waals surface area contributed by atoms with Crippen molar-refractivity contribution in [2.45, 2.75) is 51.5 Å². The van der Waals surface area contributed by atoms with Gasteiger partial charge >= 0.3 is 0 Å². The van der Waals surface area contributed by atoms with Gasteiger partial charge in [-0.25, -0.2) is 0 Å². The van der Waals surface area contributed by atoms with Gasteiger partial charge in [0.15, 0.2) is 0 Å². The van der Waals surface area contributed by atoms with Crippen LogP contribution in [0.5, 0.6) is 0 Å². The van der Waals surface area contributed by atoms with E-state index in [0.717, 1.165) is 25.5 Å². The molecule has 1 aliphatic rings. The van der Waals surface area contributed by atoms with Crippen LogP contribution in [0.4, 0.5) is 0 Å². The minimum Gasteiger partial charge on any atom is -0.381 e. The third-order valence-electron chi connectivity index (χ3n) is 3.75. The molecule has 0 spiro atoms. The average Bonchev–Trinajstić information content (AvgIpc) is 2.20. The monoisotopic (exact) mass is 242 g/mol. The van der Waals surface area contributed by atoms with Crippen molar-refractivity contribution in [1.29, 1.82) is 0 Å². The number of carbonyl (C=O) groups is 1. The van der Waals surface area contributed by atoms with Crippen molar-refractivity contribution in [3.8, 4) is 0 Å².